The Bertz CT molecular complexity index is 1600. The molecule has 0 radical (unpaired) electrons. The number of benzene rings is 3. The predicted molar refractivity (Wildman–Crippen MR) is 163 cm³/mol. The maximum atomic E-state index is 4.76. The van der Waals surface area contributed by atoms with E-state index in [0.717, 1.165) is 0 Å². The summed E-state index contributed by atoms with van der Waals surface area (Å²) in [5, 5.41) is 7.84. The Hall–Kier alpha value is -3.81. The van der Waals surface area contributed by atoms with E-state index in [-0.39, 0.29) is 0 Å². The largest absolute Gasteiger partial charge is 0.309 e. The second-order valence-electron chi connectivity index (χ2n) is 10.8. The van der Waals surface area contributed by atoms with Gasteiger partial charge in [-0.3, -0.25) is 9.97 Å². The number of aromatic nitrogens is 3. The fourth-order valence-corrected chi connectivity index (χ4v) is 9.84. The van der Waals surface area contributed by atoms with Gasteiger partial charge >= 0.3 is 0 Å². The van der Waals surface area contributed by atoms with Gasteiger partial charge in [0.25, 0.3) is 0 Å². The summed E-state index contributed by atoms with van der Waals surface area (Å²) >= 11 is 0. The SMILES string of the molecule is C[Si](C)(c1ccc2c(c1)c1cc([Si](C)(C)c3ccccn3)ccc1n2-c1ccccc1)c1ccccn1. The van der Waals surface area contributed by atoms with Gasteiger partial charge in [-0.05, 0) is 48.5 Å². The molecule has 37 heavy (non-hydrogen) atoms. The number of hydrogen-bond acceptors (Lipinski definition) is 2. The summed E-state index contributed by atoms with van der Waals surface area (Å²) in [5.74, 6) is 0. The van der Waals surface area contributed by atoms with Gasteiger partial charge in [0.05, 0.1) is 11.0 Å². The van der Waals surface area contributed by atoms with E-state index in [1.807, 2.05) is 24.5 Å². The minimum absolute atomic E-state index is 1.19. The second-order valence-corrected chi connectivity index (χ2v) is 19.5. The quantitative estimate of drug-likeness (QED) is 0.296. The van der Waals surface area contributed by atoms with E-state index < -0.39 is 16.1 Å². The van der Waals surface area contributed by atoms with Crippen LogP contribution in [-0.2, 0) is 0 Å². The molecule has 0 aliphatic rings. The van der Waals surface area contributed by atoms with Gasteiger partial charge in [0.1, 0.15) is 16.1 Å². The lowest BCUT2D eigenvalue weighted by molar-refractivity contribution is 1.18. The third-order valence-corrected chi connectivity index (χ3v) is 14.5. The van der Waals surface area contributed by atoms with Crippen molar-refractivity contribution in [3.8, 4) is 5.69 Å². The molecule has 0 N–H and O–H groups in total. The molecule has 0 bridgehead atoms. The van der Waals surface area contributed by atoms with Gasteiger partial charge in [0, 0.05) is 39.5 Å². The molecule has 0 unspecified atom stereocenters. The zero-order valence-electron chi connectivity index (χ0n) is 21.8. The van der Waals surface area contributed by atoms with Crippen LogP contribution in [0.3, 0.4) is 0 Å². The molecule has 5 heteroatoms. The summed E-state index contributed by atoms with van der Waals surface area (Å²) in [5.41, 5.74) is 3.67. The van der Waals surface area contributed by atoms with Crippen LogP contribution in [-0.4, -0.2) is 30.7 Å². The van der Waals surface area contributed by atoms with E-state index in [0.29, 0.717) is 0 Å². The molecule has 0 atom stereocenters. The topological polar surface area (TPSA) is 30.7 Å². The molecule has 0 fully saturated rings. The van der Waals surface area contributed by atoms with Crippen LogP contribution in [0, 0.1) is 0 Å². The monoisotopic (exact) mass is 513 g/mol. The van der Waals surface area contributed by atoms with Gasteiger partial charge in [-0.25, -0.2) is 0 Å². The minimum Gasteiger partial charge on any atom is -0.309 e. The third kappa shape index (κ3) is 3.95. The maximum Gasteiger partial charge on any atom is 0.135 e. The third-order valence-electron chi connectivity index (χ3n) is 7.83. The first-order valence-corrected chi connectivity index (χ1v) is 18.8. The van der Waals surface area contributed by atoms with Crippen LogP contribution >= 0.6 is 0 Å². The molecule has 0 amide bonds. The van der Waals surface area contributed by atoms with E-state index >= 15 is 0 Å². The Kier molecular flexibility index (Phi) is 5.70. The normalized spacial score (nSPS) is 12.3. The van der Waals surface area contributed by atoms with E-state index in [1.54, 1.807) is 0 Å². The summed E-state index contributed by atoms with van der Waals surface area (Å²) in [4.78, 5) is 9.51. The van der Waals surface area contributed by atoms with E-state index in [2.05, 4.69) is 122 Å². The van der Waals surface area contributed by atoms with Crippen molar-refractivity contribution in [3.05, 3.63) is 116 Å². The Balaban J connectivity index is 1.62. The molecule has 3 aromatic carbocycles. The van der Waals surface area contributed by atoms with Crippen molar-refractivity contribution < 1.29 is 0 Å². The van der Waals surface area contributed by atoms with Crippen molar-refractivity contribution in [2.24, 2.45) is 0 Å². The second kappa shape index (κ2) is 8.94. The molecule has 3 aromatic heterocycles. The molecule has 6 rings (SSSR count). The molecule has 0 aliphatic heterocycles. The molecule has 3 nitrogen and oxygen atoms in total. The van der Waals surface area contributed by atoms with E-state index in [4.69, 9.17) is 9.97 Å². The first-order chi connectivity index (χ1) is 17.9. The van der Waals surface area contributed by atoms with Crippen LogP contribution < -0.4 is 21.0 Å². The maximum absolute atomic E-state index is 4.76. The Morgan fingerprint density at radius 1 is 0.514 bits per heavy atom. The Labute approximate surface area is 220 Å². The van der Waals surface area contributed by atoms with Crippen molar-refractivity contribution in [1.82, 2.24) is 14.5 Å². The van der Waals surface area contributed by atoms with Crippen LogP contribution in [0.2, 0.25) is 26.2 Å². The van der Waals surface area contributed by atoms with Gasteiger partial charge in [-0.2, -0.15) is 0 Å². The number of nitrogens with zero attached hydrogens (tertiary/aromatic N) is 3. The van der Waals surface area contributed by atoms with Crippen molar-refractivity contribution in [2.75, 3.05) is 0 Å². The average Bonchev–Trinajstić information content (AvgIpc) is 3.27. The molecule has 0 saturated carbocycles. The van der Waals surface area contributed by atoms with Crippen molar-refractivity contribution in [3.63, 3.8) is 0 Å². The van der Waals surface area contributed by atoms with Crippen LogP contribution in [0.5, 0.6) is 0 Å². The lowest BCUT2D eigenvalue weighted by atomic mass is 10.1. The van der Waals surface area contributed by atoms with Gasteiger partial charge in [-0.1, -0.05) is 91.2 Å². The molecular weight excluding hydrogens is 483 g/mol. The highest BCUT2D eigenvalue weighted by molar-refractivity contribution is 7.00. The van der Waals surface area contributed by atoms with Gasteiger partial charge in [0.15, 0.2) is 0 Å². The summed E-state index contributed by atoms with van der Waals surface area (Å²) in [6, 6.07) is 37.4. The highest BCUT2D eigenvalue weighted by Gasteiger charge is 2.30. The molecular formula is C32H31N3Si2. The van der Waals surface area contributed by atoms with Crippen LogP contribution in [0.1, 0.15) is 0 Å². The fraction of sp³-hybridized carbons (Fsp3) is 0.125. The van der Waals surface area contributed by atoms with E-state index in [1.165, 1.54) is 48.5 Å². The summed E-state index contributed by atoms with van der Waals surface area (Å²) < 4.78 is 2.41. The smallest absolute Gasteiger partial charge is 0.135 e. The van der Waals surface area contributed by atoms with Gasteiger partial charge in [0.2, 0.25) is 0 Å². The standard InChI is InChI=1S/C32H31N3Si2/c1-36(2,31-14-8-10-20-33-31)25-16-18-29-27(22-25)28-23-26(37(3,4)32-15-9-11-21-34-32)17-19-30(28)35(29)24-12-6-5-7-13-24/h5-23H,1-4H3. The van der Waals surface area contributed by atoms with Crippen LogP contribution in [0.25, 0.3) is 27.5 Å². The van der Waals surface area contributed by atoms with Crippen LogP contribution in [0.4, 0.5) is 0 Å². The average molecular weight is 514 g/mol. The Morgan fingerprint density at radius 2 is 0.973 bits per heavy atom. The minimum atomic E-state index is -1.95. The molecule has 0 aliphatic carbocycles. The first-order valence-electron chi connectivity index (χ1n) is 12.8. The van der Waals surface area contributed by atoms with Crippen molar-refractivity contribution in [1.29, 1.82) is 0 Å². The zero-order valence-corrected chi connectivity index (χ0v) is 23.8. The van der Waals surface area contributed by atoms with E-state index in [9.17, 15) is 0 Å². The number of fused-ring (bicyclic) bond motifs is 3. The number of pyridine rings is 2. The Morgan fingerprint density at radius 3 is 1.41 bits per heavy atom. The number of rotatable bonds is 5. The van der Waals surface area contributed by atoms with Gasteiger partial charge in [-0.15, -0.1) is 0 Å². The highest BCUT2D eigenvalue weighted by Crippen LogP contribution is 2.32. The summed E-state index contributed by atoms with van der Waals surface area (Å²) in [6.45, 7) is 9.59. The highest BCUT2D eigenvalue weighted by atomic mass is 28.3. The summed E-state index contributed by atoms with van der Waals surface area (Å²) in [6.07, 6.45) is 3.83. The predicted octanol–water partition coefficient (Wildman–Crippen LogP) is 5.22. The molecule has 0 saturated heterocycles. The zero-order chi connectivity index (χ0) is 25.6. The first kappa shape index (κ1) is 23.6. The molecule has 6 aromatic rings. The number of hydrogen-bond donors (Lipinski definition) is 0. The van der Waals surface area contributed by atoms with Crippen molar-refractivity contribution >= 4 is 59.0 Å². The van der Waals surface area contributed by atoms with Crippen molar-refractivity contribution in [2.45, 2.75) is 26.2 Å². The fourth-order valence-electron chi connectivity index (χ4n) is 5.42. The van der Waals surface area contributed by atoms with Gasteiger partial charge < -0.3 is 4.57 Å². The lowest BCUT2D eigenvalue weighted by Gasteiger charge is -2.23. The van der Waals surface area contributed by atoms with Crippen LogP contribution in [0.15, 0.2) is 116 Å². The molecule has 3 heterocycles. The lowest BCUT2D eigenvalue weighted by Crippen LogP contribution is -2.54. The molecule has 182 valence electrons. The summed E-state index contributed by atoms with van der Waals surface area (Å²) in [7, 11) is -3.91. The molecule has 0 spiro atoms. The number of para-hydroxylation sites is 1.